The summed E-state index contributed by atoms with van der Waals surface area (Å²) in [6.07, 6.45) is 0. The highest BCUT2D eigenvalue weighted by Crippen LogP contribution is 2.34. The van der Waals surface area contributed by atoms with Gasteiger partial charge >= 0.3 is 0 Å². The third-order valence-electron chi connectivity index (χ3n) is 2.24. The lowest BCUT2D eigenvalue weighted by molar-refractivity contribution is 0.287. The van der Waals surface area contributed by atoms with E-state index in [9.17, 15) is 0 Å². The average molecular weight is 197 g/mol. The molecule has 0 amide bonds. The summed E-state index contributed by atoms with van der Waals surface area (Å²) in [5, 5.41) is 5.63. The molecule has 13 heavy (non-hydrogen) atoms. The van der Waals surface area contributed by atoms with Crippen molar-refractivity contribution in [2.45, 2.75) is 33.7 Å². The summed E-state index contributed by atoms with van der Waals surface area (Å²) in [5.41, 5.74) is 1.69. The Labute approximate surface area is 85.2 Å². The molecule has 1 heterocycles. The van der Waals surface area contributed by atoms with Crippen LogP contribution in [-0.4, -0.2) is 7.05 Å². The molecule has 0 aliphatic carbocycles. The third kappa shape index (κ3) is 2.55. The monoisotopic (exact) mass is 197 g/mol. The van der Waals surface area contributed by atoms with Crippen LogP contribution in [0.4, 0.5) is 0 Å². The molecular formula is C11H19NS. The molecule has 0 aliphatic rings. The van der Waals surface area contributed by atoms with Crippen molar-refractivity contribution in [1.82, 2.24) is 5.32 Å². The van der Waals surface area contributed by atoms with Gasteiger partial charge in [-0.2, -0.15) is 0 Å². The number of rotatable bonds is 2. The molecule has 0 aliphatic heterocycles. The van der Waals surface area contributed by atoms with Crippen molar-refractivity contribution in [3.63, 3.8) is 0 Å². The first-order valence-electron chi connectivity index (χ1n) is 4.67. The van der Waals surface area contributed by atoms with Gasteiger partial charge in [0.2, 0.25) is 0 Å². The van der Waals surface area contributed by atoms with Crippen LogP contribution in [0.2, 0.25) is 0 Å². The highest BCUT2D eigenvalue weighted by Gasteiger charge is 2.24. The summed E-state index contributed by atoms with van der Waals surface area (Å²) in [4.78, 5) is 1.39. The Bertz CT molecular complexity index is 270. The van der Waals surface area contributed by atoms with Gasteiger partial charge in [-0.25, -0.2) is 0 Å². The Hall–Kier alpha value is -0.340. The van der Waals surface area contributed by atoms with Crippen LogP contribution in [0.5, 0.6) is 0 Å². The normalized spacial score (nSPS) is 14.5. The second-order valence-electron chi connectivity index (χ2n) is 4.58. The van der Waals surface area contributed by atoms with Crippen molar-refractivity contribution < 1.29 is 0 Å². The van der Waals surface area contributed by atoms with Crippen molar-refractivity contribution in [3.05, 3.63) is 21.9 Å². The lowest BCUT2D eigenvalue weighted by Gasteiger charge is -2.29. The lowest BCUT2D eigenvalue weighted by atomic mass is 9.83. The zero-order chi connectivity index (χ0) is 10.1. The SMILES string of the molecule is CNC(c1csc(C)c1)C(C)(C)C. The molecule has 0 aromatic carbocycles. The van der Waals surface area contributed by atoms with Gasteiger partial charge in [0.1, 0.15) is 0 Å². The van der Waals surface area contributed by atoms with Crippen molar-refractivity contribution >= 4 is 11.3 Å². The molecule has 1 nitrogen and oxygen atoms in total. The summed E-state index contributed by atoms with van der Waals surface area (Å²) in [7, 11) is 2.03. The number of hydrogen-bond acceptors (Lipinski definition) is 2. The molecule has 74 valence electrons. The van der Waals surface area contributed by atoms with Crippen LogP contribution in [0.3, 0.4) is 0 Å². The van der Waals surface area contributed by atoms with Crippen LogP contribution in [-0.2, 0) is 0 Å². The molecule has 0 fully saturated rings. The minimum absolute atomic E-state index is 0.280. The first kappa shape index (κ1) is 10.7. The van der Waals surface area contributed by atoms with E-state index in [-0.39, 0.29) is 5.41 Å². The molecule has 2 heteroatoms. The van der Waals surface area contributed by atoms with Gasteiger partial charge < -0.3 is 5.32 Å². The van der Waals surface area contributed by atoms with Crippen molar-refractivity contribution in [1.29, 1.82) is 0 Å². The average Bonchev–Trinajstić information content (AvgIpc) is 2.34. The molecule has 1 N–H and O–H groups in total. The van der Waals surface area contributed by atoms with Crippen molar-refractivity contribution in [2.24, 2.45) is 5.41 Å². The van der Waals surface area contributed by atoms with Crippen LogP contribution in [0, 0.1) is 12.3 Å². The molecule has 1 rings (SSSR count). The van der Waals surface area contributed by atoms with Gasteiger partial charge in [-0.05, 0) is 36.4 Å². The van der Waals surface area contributed by atoms with E-state index in [0.717, 1.165) is 0 Å². The Morgan fingerprint density at radius 1 is 1.38 bits per heavy atom. The molecule has 1 aromatic rings. The minimum atomic E-state index is 0.280. The third-order valence-corrected chi connectivity index (χ3v) is 3.12. The molecule has 1 atom stereocenters. The van der Waals surface area contributed by atoms with Crippen molar-refractivity contribution in [2.75, 3.05) is 7.05 Å². The molecule has 0 radical (unpaired) electrons. The van der Waals surface area contributed by atoms with Gasteiger partial charge in [0.05, 0.1) is 0 Å². The second-order valence-corrected chi connectivity index (χ2v) is 5.69. The van der Waals surface area contributed by atoms with Gasteiger partial charge in [-0.1, -0.05) is 20.8 Å². The Balaban J connectivity index is 2.91. The fourth-order valence-corrected chi connectivity index (χ4v) is 2.45. The number of aryl methyl sites for hydroxylation is 1. The maximum atomic E-state index is 3.38. The molecule has 1 unspecified atom stereocenters. The van der Waals surface area contributed by atoms with Crippen molar-refractivity contribution in [3.8, 4) is 0 Å². The van der Waals surface area contributed by atoms with E-state index >= 15 is 0 Å². The van der Waals surface area contributed by atoms with Crippen LogP contribution in [0.25, 0.3) is 0 Å². The fourth-order valence-electron chi connectivity index (χ4n) is 1.71. The Kier molecular flexibility index (Phi) is 3.14. The summed E-state index contributed by atoms with van der Waals surface area (Å²) in [6, 6.07) is 2.73. The Morgan fingerprint density at radius 2 is 2.00 bits per heavy atom. The standard InChI is InChI=1S/C11H19NS/c1-8-6-9(7-13-8)10(12-5)11(2,3)4/h6-7,10,12H,1-5H3. The quantitative estimate of drug-likeness (QED) is 0.766. The molecule has 0 saturated heterocycles. The first-order chi connectivity index (χ1) is 5.95. The maximum Gasteiger partial charge on any atom is 0.0375 e. The maximum absolute atomic E-state index is 3.38. The highest BCUT2D eigenvalue weighted by atomic mass is 32.1. The molecule has 0 saturated carbocycles. The molecule has 0 spiro atoms. The predicted octanol–water partition coefficient (Wildman–Crippen LogP) is 3.36. The zero-order valence-corrected chi connectivity index (χ0v) is 9.96. The van der Waals surface area contributed by atoms with E-state index in [0.29, 0.717) is 6.04 Å². The van der Waals surface area contributed by atoms with Crippen LogP contribution < -0.4 is 5.32 Å². The highest BCUT2D eigenvalue weighted by molar-refractivity contribution is 7.10. The van der Waals surface area contributed by atoms with Gasteiger partial charge in [-0.15, -0.1) is 11.3 Å². The van der Waals surface area contributed by atoms with Gasteiger partial charge in [0.25, 0.3) is 0 Å². The number of thiophene rings is 1. The zero-order valence-electron chi connectivity index (χ0n) is 9.14. The van der Waals surface area contributed by atoms with Crippen LogP contribution in [0.1, 0.15) is 37.3 Å². The van der Waals surface area contributed by atoms with E-state index in [1.165, 1.54) is 10.4 Å². The van der Waals surface area contributed by atoms with Crippen LogP contribution >= 0.6 is 11.3 Å². The first-order valence-corrected chi connectivity index (χ1v) is 5.55. The van der Waals surface area contributed by atoms with E-state index in [1.54, 1.807) is 0 Å². The fraction of sp³-hybridized carbons (Fsp3) is 0.636. The minimum Gasteiger partial charge on any atom is -0.313 e. The van der Waals surface area contributed by atoms with E-state index < -0.39 is 0 Å². The van der Waals surface area contributed by atoms with Gasteiger partial charge in [-0.3, -0.25) is 0 Å². The topological polar surface area (TPSA) is 12.0 Å². The van der Waals surface area contributed by atoms with Gasteiger partial charge in [0.15, 0.2) is 0 Å². The molecular weight excluding hydrogens is 178 g/mol. The predicted molar refractivity (Wildman–Crippen MR) is 60.3 cm³/mol. The summed E-state index contributed by atoms with van der Waals surface area (Å²) < 4.78 is 0. The second kappa shape index (κ2) is 3.81. The van der Waals surface area contributed by atoms with E-state index in [2.05, 4.69) is 44.5 Å². The van der Waals surface area contributed by atoms with E-state index in [4.69, 9.17) is 0 Å². The number of nitrogens with one attached hydrogen (secondary N) is 1. The smallest absolute Gasteiger partial charge is 0.0375 e. The van der Waals surface area contributed by atoms with Gasteiger partial charge in [0, 0.05) is 10.9 Å². The van der Waals surface area contributed by atoms with Crippen LogP contribution in [0.15, 0.2) is 11.4 Å². The number of hydrogen-bond donors (Lipinski definition) is 1. The lowest BCUT2D eigenvalue weighted by Crippen LogP contribution is -2.29. The summed E-state index contributed by atoms with van der Waals surface area (Å²) in [6.45, 7) is 8.95. The van der Waals surface area contributed by atoms with E-state index in [1.807, 2.05) is 18.4 Å². The summed E-state index contributed by atoms with van der Waals surface area (Å²) >= 11 is 1.82. The largest absolute Gasteiger partial charge is 0.313 e. The Morgan fingerprint density at radius 3 is 2.31 bits per heavy atom. The summed E-state index contributed by atoms with van der Waals surface area (Å²) in [5.74, 6) is 0. The molecule has 0 bridgehead atoms. The molecule has 1 aromatic heterocycles.